The summed E-state index contributed by atoms with van der Waals surface area (Å²) in [4.78, 5) is 12.0. The zero-order chi connectivity index (χ0) is 16.2. The molecule has 0 aliphatic heterocycles. The van der Waals surface area contributed by atoms with Gasteiger partial charge in [0.15, 0.2) is 0 Å². The van der Waals surface area contributed by atoms with Gasteiger partial charge in [0.1, 0.15) is 5.25 Å². The molecule has 0 radical (unpaired) electrons. The average molecular weight is 346 g/mol. The quantitative estimate of drug-likeness (QED) is 0.511. The Morgan fingerprint density at radius 3 is 2.70 bits per heavy atom. The highest BCUT2D eigenvalue weighted by Gasteiger charge is 2.26. The summed E-state index contributed by atoms with van der Waals surface area (Å²) in [6.45, 7) is 2.01. The fourth-order valence-electron chi connectivity index (χ4n) is 1.95. The lowest BCUT2D eigenvalue weighted by molar-refractivity contribution is -0.140. The van der Waals surface area contributed by atoms with Crippen LogP contribution in [0.25, 0.3) is 11.5 Å². The molecule has 3 rings (SSSR count). The Labute approximate surface area is 141 Å². The Morgan fingerprint density at radius 2 is 2.04 bits per heavy atom. The van der Waals surface area contributed by atoms with E-state index in [0.29, 0.717) is 11.1 Å². The maximum absolute atomic E-state index is 12.0. The lowest BCUT2D eigenvalue weighted by Crippen LogP contribution is -2.10. The molecular weight excluding hydrogens is 332 g/mol. The lowest BCUT2D eigenvalue weighted by atomic mass is 10.1. The minimum absolute atomic E-state index is 0.335. The third kappa shape index (κ3) is 3.62. The van der Waals surface area contributed by atoms with Crippen molar-refractivity contribution < 1.29 is 13.9 Å². The van der Waals surface area contributed by atoms with Crippen molar-refractivity contribution in [1.82, 2.24) is 10.2 Å². The van der Waals surface area contributed by atoms with Gasteiger partial charge in [0.2, 0.25) is 5.89 Å². The largest absolute Gasteiger partial charge is 0.468 e. The van der Waals surface area contributed by atoms with Gasteiger partial charge in [-0.2, -0.15) is 11.3 Å². The molecule has 7 heteroatoms. The molecule has 0 aliphatic carbocycles. The number of benzene rings is 1. The number of methoxy groups -OCH3 is 1. The minimum atomic E-state index is -0.516. The van der Waals surface area contributed by atoms with Crippen molar-refractivity contribution in [3.05, 3.63) is 52.2 Å². The first-order valence-electron chi connectivity index (χ1n) is 6.84. The molecule has 2 heterocycles. The Kier molecular flexibility index (Phi) is 4.78. The van der Waals surface area contributed by atoms with Gasteiger partial charge < -0.3 is 9.15 Å². The van der Waals surface area contributed by atoms with Gasteiger partial charge in [0.25, 0.3) is 5.22 Å². The number of aromatic nitrogens is 2. The molecule has 1 atom stereocenters. The number of thioether (sulfide) groups is 1. The van der Waals surface area contributed by atoms with Crippen LogP contribution in [0.2, 0.25) is 0 Å². The summed E-state index contributed by atoms with van der Waals surface area (Å²) in [5.41, 5.74) is 2.87. The third-order valence-electron chi connectivity index (χ3n) is 3.18. The van der Waals surface area contributed by atoms with Crippen molar-refractivity contribution in [3.63, 3.8) is 0 Å². The van der Waals surface area contributed by atoms with E-state index >= 15 is 0 Å². The summed E-state index contributed by atoms with van der Waals surface area (Å²) >= 11 is 2.71. The molecule has 0 bridgehead atoms. The number of nitrogens with zero attached hydrogens (tertiary/aromatic N) is 2. The number of rotatable bonds is 5. The molecule has 2 aromatic heterocycles. The molecule has 1 aromatic carbocycles. The van der Waals surface area contributed by atoms with Crippen molar-refractivity contribution in [3.8, 4) is 11.5 Å². The minimum Gasteiger partial charge on any atom is -0.468 e. The van der Waals surface area contributed by atoms with Gasteiger partial charge >= 0.3 is 5.97 Å². The average Bonchev–Trinajstić information content (AvgIpc) is 3.24. The molecule has 0 saturated heterocycles. The van der Waals surface area contributed by atoms with Gasteiger partial charge in [0.05, 0.1) is 7.11 Å². The number of carbonyl (C=O) groups excluding carboxylic acids is 1. The molecular formula is C16H14N2O3S2. The second-order valence-electron chi connectivity index (χ2n) is 4.82. The Hall–Kier alpha value is -2.12. The fourth-order valence-corrected chi connectivity index (χ4v) is 3.62. The van der Waals surface area contributed by atoms with Crippen LogP contribution in [0.15, 0.2) is 50.7 Å². The van der Waals surface area contributed by atoms with Crippen molar-refractivity contribution in [2.24, 2.45) is 0 Å². The number of hydrogen-bond donors (Lipinski definition) is 0. The van der Waals surface area contributed by atoms with Crippen molar-refractivity contribution in [2.45, 2.75) is 17.4 Å². The molecule has 23 heavy (non-hydrogen) atoms. The van der Waals surface area contributed by atoms with Crippen molar-refractivity contribution in [1.29, 1.82) is 0 Å². The van der Waals surface area contributed by atoms with E-state index < -0.39 is 5.25 Å². The Morgan fingerprint density at radius 1 is 1.26 bits per heavy atom. The number of aryl methyl sites for hydroxylation is 1. The van der Waals surface area contributed by atoms with Gasteiger partial charge in [0, 0.05) is 5.56 Å². The maximum Gasteiger partial charge on any atom is 0.323 e. The van der Waals surface area contributed by atoms with E-state index in [1.165, 1.54) is 30.2 Å². The number of esters is 1. The van der Waals surface area contributed by atoms with Gasteiger partial charge in [-0.25, -0.2) is 0 Å². The topological polar surface area (TPSA) is 65.2 Å². The fraction of sp³-hybridized carbons (Fsp3) is 0.188. The highest BCUT2D eigenvalue weighted by atomic mass is 32.2. The van der Waals surface area contributed by atoms with Crippen LogP contribution in [-0.4, -0.2) is 23.3 Å². The molecule has 5 nitrogen and oxygen atoms in total. The standard InChI is InChI=1S/C16H14N2O3S2/c1-10-3-5-11(6-4-10)14-17-18-16(21-14)23-13(15(19)20-2)12-7-8-22-9-12/h3-9,13H,1-2H3/t13-/m1/s1. The third-order valence-corrected chi connectivity index (χ3v) is 4.95. The number of thiophene rings is 1. The zero-order valence-corrected chi connectivity index (χ0v) is 14.2. The second-order valence-corrected chi connectivity index (χ2v) is 6.65. The van der Waals surface area contributed by atoms with Crippen molar-refractivity contribution in [2.75, 3.05) is 7.11 Å². The van der Waals surface area contributed by atoms with E-state index in [1.807, 2.05) is 48.0 Å². The monoisotopic (exact) mass is 346 g/mol. The zero-order valence-electron chi connectivity index (χ0n) is 12.6. The predicted molar refractivity (Wildman–Crippen MR) is 89.4 cm³/mol. The van der Waals surface area contributed by atoms with E-state index in [-0.39, 0.29) is 5.97 Å². The molecule has 0 spiro atoms. The number of ether oxygens (including phenoxy) is 1. The van der Waals surface area contributed by atoms with Crippen LogP contribution in [0.1, 0.15) is 16.4 Å². The first-order valence-corrected chi connectivity index (χ1v) is 8.67. The van der Waals surface area contributed by atoms with Crippen LogP contribution in [0, 0.1) is 6.92 Å². The molecule has 0 amide bonds. The summed E-state index contributed by atoms with van der Waals surface area (Å²) in [7, 11) is 1.37. The molecule has 0 N–H and O–H groups in total. The van der Waals surface area contributed by atoms with Gasteiger partial charge in [-0.1, -0.05) is 17.7 Å². The molecule has 0 aliphatic rings. The highest BCUT2D eigenvalue weighted by molar-refractivity contribution is 8.00. The molecule has 0 unspecified atom stereocenters. The summed E-state index contributed by atoms with van der Waals surface area (Å²) in [6, 6.07) is 9.70. The normalized spacial score (nSPS) is 12.1. The van der Waals surface area contributed by atoms with Crippen LogP contribution in [0.5, 0.6) is 0 Å². The van der Waals surface area contributed by atoms with Crippen LogP contribution in [0.3, 0.4) is 0 Å². The van der Waals surface area contributed by atoms with E-state index in [2.05, 4.69) is 10.2 Å². The smallest absolute Gasteiger partial charge is 0.323 e. The van der Waals surface area contributed by atoms with E-state index in [9.17, 15) is 4.79 Å². The summed E-state index contributed by atoms with van der Waals surface area (Å²) in [5, 5.41) is 11.7. The molecule has 0 fully saturated rings. The van der Waals surface area contributed by atoms with E-state index in [0.717, 1.165) is 16.7 Å². The van der Waals surface area contributed by atoms with Gasteiger partial charge in [-0.05, 0) is 53.2 Å². The van der Waals surface area contributed by atoms with Crippen LogP contribution >= 0.6 is 23.1 Å². The molecule has 118 valence electrons. The second kappa shape index (κ2) is 6.97. The van der Waals surface area contributed by atoms with E-state index in [4.69, 9.17) is 9.15 Å². The Bertz CT molecular complexity index is 782. The SMILES string of the molecule is COC(=O)[C@H](Sc1nnc(-c2ccc(C)cc2)o1)c1ccsc1. The summed E-state index contributed by atoms with van der Waals surface area (Å²) < 4.78 is 10.5. The van der Waals surface area contributed by atoms with Gasteiger partial charge in [-0.3, -0.25) is 4.79 Å². The van der Waals surface area contributed by atoms with Crippen LogP contribution in [-0.2, 0) is 9.53 Å². The maximum atomic E-state index is 12.0. The summed E-state index contributed by atoms with van der Waals surface area (Å²) in [6.07, 6.45) is 0. The van der Waals surface area contributed by atoms with Crippen LogP contribution < -0.4 is 0 Å². The van der Waals surface area contributed by atoms with Crippen molar-refractivity contribution >= 4 is 29.1 Å². The highest BCUT2D eigenvalue weighted by Crippen LogP contribution is 2.37. The molecule has 3 aromatic rings. The lowest BCUT2D eigenvalue weighted by Gasteiger charge is -2.09. The first-order chi connectivity index (χ1) is 11.2. The molecule has 0 saturated carbocycles. The van der Waals surface area contributed by atoms with Crippen LogP contribution in [0.4, 0.5) is 0 Å². The number of hydrogen-bond acceptors (Lipinski definition) is 7. The van der Waals surface area contributed by atoms with E-state index in [1.54, 1.807) is 0 Å². The first kappa shape index (κ1) is 15.8. The summed E-state index contributed by atoms with van der Waals surface area (Å²) in [5.74, 6) is 0.0879. The van der Waals surface area contributed by atoms with Gasteiger partial charge in [-0.15, -0.1) is 10.2 Å². The predicted octanol–water partition coefficient (Wildman–Crippen LogP) is 4.11. The number of carbonyl (C=O) groups is 1. The Balaban J connectivity index is 1.82.